The molecular weight excluding hydrogens is 307 g/mol. The van der Waals surface area contributed by atoms with E-state index in [4.69, 9.17) is 5.73 Å². The Morgan fingerprint density at radius 3 is 2.68 bits per heavy atom. The Kier molecular flexibility index (Phi) is 4.10. The van der Waals surface area contributed by atoms with E-state index >= 15 is 0 Å². The second kappa shape index (κ2) is 5.61. The van der Waals surface area contributed by atoms with Crippen molar-refractivity contribution in [3.63, 3.8) is 0 Å². The molecule has 0 bridgehead atoms. The first-order valence-electron chi connectivity index (χ1n) is 6.05. The Morgan fingerprint density at radius 2 is 2.00 bits per heavy atom. The average Bonchev–Trinajstić information content (AvgIpc) is 2.36. The maximum atomic E-state index is 13.4. The van der Waals surface area contributed by atoms with Gasteiger partial charge in [-0.2, -0.15) is 0 Å². The van der Waals surface area contributed by atoms with Gasteiger partial charge in [-0.05, 0) is 49.2 Å². The van der Waals surface area contributed by atoms with Gasteiger partial charge in [0.1, 0.15) is 5.82 Å². The lowest BCUT2D eigenvalue weighted by molar-refractivity contribution is 0.619. The first-order valence-corrected chi connectivity index (χ1v) is 6.84. The van der Waals surface area contributed by atoms with E-state index in [2.05, 4.69) is 21.2 Å². The summed E-state index contributed by atoms with van der Waals surface area (Å²) in [6.45, 7) is 3.77. The fourth-order valence-corrected chi connectivity index (χ4v) is 2.33. The van der Waals surface area contributed by atoms with Gasteiger partial charge in [-0.25, -0.2) is 4.39 Å². The van der Waals surface area contributed by atoms with Crippen molar-refractivity contribution in [3.8, 4) is 0 Å². The fraction of sp³-hybridized carbons (Fsp3) is 0.200. The van der Waals surface area contributed by atoms with Crippen LogP contribution in [0.25, 0.3) is 0 Å². The minimum atomic E-state index is -0.279. The largest absolute Gasteiger partial charge is 0.397 e. The molecule has 2 rings (SSSR count). The number of nitrogen functional groups attached to an aromatic ring is 1. The normalized spacial score (nSPS) is 12.2. The van der Waals surface area contributed by atoms with E-state index in [1.165, 1.54) is 6.07 Å². The number of anilines is 2. The molecule has 0 amide bonds. The predicted molar refractivity (Wildman–Crippen MR) is 81.7 cm³/mol. The van der Waals surface area contributed by atoms with Gasteiger partial charge in [0, 0.05) is 10.5 Å². The summed E-state index contributed by atoms with van der Waals surface area (Å²) in [4.78, 5) is 0. The minimum Gasteiger partial charge on any atom is -0.397 e. The standard InChI is InChI=1S/C15H16BrFN2/c1-9-6-15(14(18)8-13(9)17)19-10(2)11-4-3-5-12(16)7-11/h3-8,10,19H,18H2,1-2H3. The summed E-state index contributed by atoms with van der Waals surface area (Å²) in [5.74, 6) is -0.279. The van der Waals surface area contributed by atoms with Gasteiger partial charge in [0.2, 0.25) is 0 Å². The van der Waals surface area contributed by atoms with Gasteiger partial charge in [-0.15, -0.1) is 0 Å². The molecule has 4 heteroatoms. The maximum Gasteiger partial charge on any atom is 0.128 e. The smallest absolute Gasteiger partial charge is 0.128 e. The van der Waals surface area contributed by atoms with Crippen LogP contribution in [0.1, 0.15) is 24.1 Å². The summed E-state index contributed by atoms with van der Waals surface area (Å²) < 4.78 is 14.4. The molecule has 0 radical (unpaired) electrons. The second-order valence-corrected chi connectivity index (χ2v) is 5.53. The molecule has 19 heavy (non-hydrogen) atoms. The fourth-order valence-electron chi connectivity index (χ4n) is 1.91. The van der Waals surface area contributed by atoms with Crippen molar-refractivity contribution >= 4 is 27.3 Å². The zero-order chi connectivity index (χ0) is 14.0. The molecule has 0 saturated carbocycles. The Labute approximate surface area is 121 Å². The van der Waals surface area contributed by atoms with Crippen LogP contribution >= 0.6 is 15.9 Å². The predicted octanol–water partition coefficient (Wildman–Crippen LogP) is 4.65. The van der Waals surface area contributed by atoms with Crippen LogP contribution in [0.4, 0.5) is 15.8 Å². The van der Waals surface area contributed by atoms with E-state index in [1.807, 2.05) is 31.2 Å². The molecule has 0 saturated heterocycles. The highest BCUT2D eigenvalue weighted by Gasteiger charge is 2.09. The molecule has 0 aromatic heterocycles. The number of nitrogens with two attached hydrogens (primary N) is 1. The van der Waals surface area contributed by atoms with E-state index in [9.17, 15) is 4.39 Å². The van der Waals surface area contributed by atoms with Crippen molar-refractivity contribution in [3.05, 3.63) is 57.8 Å². The Morgan fingerprint density at radius 1 is 1.26 bits per heavy atom. The third-order valence-corrected chi connectivity index (χ3v) is 3.54. The Balaban J connectivity index is 2.24. The molecule has 2 nitrogen and oxygen atoms in total. The van der Waals surface area contributed by atoms with Gasteiger partial charge in [0.25, 0.3) is 0 Å². The van der Waals surface area contributed by atoms with Crippen LogP contribution in [0.2, 0.25) is 0 Å². The van der Waals surface area contributed by atoms with Gasteiger partial charge in [-0.1, -0.05) is 28.1 Å². The first kappa shape index (κ1) is 13.9. The highest BCUT2D eigenvalue weighted by molar-refractivity contribution is 9.10. The van der Waals surface area contributed by atoms with Crippen molar-refractivity contribution in [1.82, 2.24) is 0 Å². The van der Waals surface area contributed by atoms with E-state index in [-0.39, 0.29) is 11.9 Å². The molecule has 0 heterocycles. The highest BCUT2D eigenvalue weighted by atomic mass is 79.9. The van der Waals surface area contributed by atoms with Crippen LogP contribution < -0.4 is 11.1 Å². The molecule has 2 aromatic carbocycles. The molecular formula is C15H16BrFN2. The van der Waals surface area contributed by atoms with Crippen molar-refractivity contribution in [2.75, 3.05) is 11.1 Å². The molecule has 0 aliphatic heterocycles. The third-order valence-electron chi connectivity index (χ3n) is 3.05. The Hall–Kier alpha value is -1.55. The zero-order valence-corrected chi connectivity index (χ0v) is 12.5. The van der Waals surface area contributed by atoms with Crippen molar-refractivity contribution < 1.29 is 4.39 Å². The van der Waals surface area contributed by atoms with Gasteiger partial charge in [-0.3, -0.25) is 0 Å². The van der Waals surface area contributed by atoms with Crippen LogP contribution in [0.15, 0.2) is 40.9 Å². The van der Waals surface area contributed by atoms with Crippen LogP contribution in [0.3, 0.4) is 0 Å². The zero-order valence-electron chi connectivity index (χ0n) is 10.9. The summed E-state index contributed by atoms with van der Waals surface area (Å²) in [5, 5.41) is 3.31. The average molecular weight is 323 g/mol. The Bertz CT molecular complexity index is 599. The number of hydrogen-bond donors (Lipinski definition) is 2. The van der Waals surface area contributed by atoms with Crippen LogP contribution in [-0.4, -0.2) is 0 Å². The number of aryl methyl sites for hydroxylation is 1. The number of benzene rings is 2. The molecule has 100 valence electrons. The number of hydrogen-bond acceptors (Lipinski definition) is 2. The van der Waals surface area contributed by atoms with Gasteiger partial charge < -0.3 is 11.1 Å². The molecule has 3 N–H and O–H groups in total. The SMILES string of the molecule is Cc1cc(NC(C)c2cccc(Br)c2)c(N)cc1F. The molecule has 0 aliphatic rings. The summed E-state index contributed by atoms with van der Waals surface area (Å²) in [5.41, 5.74) is 8.73. The van der Waals surface area contributed by atoms with Crippen LogP contribution in [0, 0.1) is 12.7 Å². The number of rotatable bonds is 3. The van der Waals surface area contributed by atoms with Crippen molar-refractivity contribution in [2.45, 2.75) is 19.9 Å². The third kappa shape index (κ3) is 3.26. The molecule has 2 aromatic rings. The van der Waals surface area contributed by atoms with Gasteiger partial charge in [0.15, 0.2) is 0 Å². The molecule has 0 fully saturated rings. The van der Waals surface area contributed by atoms with Crippen LogP contribution in [-0.2, 0) is 0 Å². The van der Waals surface area contributed by atoms with E-state index < -0.39 is 0 Å². The van der Waals surface area contributed by atoms with Gasteiger partial charge >= 0.3 is 0 Å². The van der Waals surface area contributed by atoms with Crippen molar-refractivity contribution in [1.29, 1.82) is 0 Å². The molecule has 1 atom stereocenters. The lowest BCUT2D eigenvalue weighted by Crippen LogP contribution is -2.09. The van der Waals surface area contributed by atoms with E-state index in [0.717, 1.165) is 15.7 Å². The van der Waals surface area contributed by atoms with E-state index in [1.54, 1.807) is 13.0 Å². The second-order valence-electron chi connectivity index (χ2n) is 4.61. The summed E-state index contributed by atoms with van der Waals surface area (Å²) in [6, 6.07) is 11.2. The lowest BCUT2D eigenvalue weighted by Gasteiger charge is -2.18. The summed E-state index contributed by atoms with van der Waals surface area (Å²) in [7, 11) is 0. The summed E-state index contributed by atoms with van der Waals surface area (Å²) >= 11 is 3.45. The number of nitrogens with one attached hydrogen (secondary N) is 1. The lowest BCUT2D eigenvalue weighted by atomic mass is 10.1. The summed E-state index contributed by atoms with van der Waals surface area (Å²) in [6.07, 6.45) is 0. The maximum absolute atomic E-state index is 13.4. The molecule has 0 spiro atoms. The molecule has 1 unspecified atom stereocenters. The first-order chi connectivity index (χ1) is 8.97. The topological polar surface area (TPSA) is 38.0 Å². The quantitative estimate of drug-likeness (QED) is 0.807. The molecule has 0 aliphatic carbocycles. The van der Waals surface area contributed by atoms with Crippen molar-refractivity contribution in [2.24, 2.45) is 0 Å². The minimum absolute atomic E-state index is 0.0876. The number of halogens is 2. The van der Waals surface area contributed by atoms with Crippen LogP contribution in [0.5, 0.6) is 0 Å². The van der Waals surface area contributed by atoms with Gasteiger partial charge in [0.05, 0.1) is 11.4 Å². The monoisotopic (exact) mass is 322 g/mol. The highest BCUT2D eigenvalue weighted by Crippen LogP contribution is 2.27. The van der Waals surface area contributed by atoms with E-state index in [0.29, 0.717) is 11.3 Å².